The summed E-state index contributed by atoms with van der Waals surface area (Å²) in [7, 11) is 0. The van der Waals surface area contributed by atoms with E-state index in [9.17, 15) is 0 Å². The molecule has 1 heterocycles. The highest BCUT2D eigenvalue weighted by Crippen LogP contribution is 2.36. The van der Waals surface area contributed by atoms with Crippen LogP contribution in [0.1, 0.15) is 52.1 Å². The molecule has 0 spiro atoms. The highest BCUT2D eigenvalue weighted by atomic mass is 79.9. The van der Waals surface area contributed by atoms with Gasteiger partial charge in [-0.15, -0.1) is 0 Å². The average molecular weight is 351 g/mol. The quantitative estimate of drug-likeness (QED) is 0.568. The topological polar surface area (TPSA) is 17.8 Å². The van der Waals surface area contributed by atoms with Gasteiger partial charge in [0.15, 0.2) is 0 Å². The molecule has 0 N–H and O–H groups in total. The fourth-order valence-corrected chi connectivity index (χ4v) is 3.95. The van der Waals surface area contributed by atoms with Gasteiger partial charge in [0, 0.05) is 17.3 Å². The third-order valence-electron chi connectivity index (χ3n) is 4.67. The molecule has 1 aromatic heterocycles. The number of hydrogen-bond acceptors (Lipinski definition) is 1. The second-order valence-electron chi connectivity index (χ2n) is 6.05. The predicted molar refractivity (Wildman–Crippen MR) is 95.2 cm³/mol. The maximum absolute atomic E-state index is 4.89. The zero-order valence-corrected chi connectivity index (χ0v) is 15.1. The Hall–Kier alpha value is -0.830. The summed E-state index contributed by atoms with van der Waals surface area (Å²) in [6, 6.07) is 8.64. The summed E-state index contributed by atoms with van der Waals surface area (Å²) in [6.07, 6.45) is 6.11. The van der Waals surface area contributed by atoms with Crippen LogP contribution in [0.4, 0.5) is 0 Å². The molecule has 0 saturated heterocycles. The summed E-state index contributed by atoms with van der Waals surface area (Å²) < 4.78 is 2.14. The molecule has 0 radical (unpaired) electrons. The Balaban J connectivity index is 2.36. The van der Waals surface area contributed by atoms with Gasteiger partial charge in [0.2, 0.25) is 0 Å². The fraction of sp³-hybridized carbons (Fsp3) is 0.611. The average Bonchev–Trinajstić information content (AvgIpc) is 2.89. The van der Waals surface area contributed by atoms with Crippen LogP contribution in [0.15, 0.2) is 24.3 Å². The Kier molecular flexibility index (Phi) is 5.86. The number of aromatic nitrogens is 2. The Morgan fingerprint density at radius 3 is 2.57 bits per heavy atom. The molecular weight excluding hydrogens is 324 g/mol. The first-order chi connectivity index (χ1) is 10.2. The van der Waals surface area contributed by atoms with Crippen LogP contribution < -0.4 is 0 Å². The number of hydrogen-bond donors (Lipinski definition) is 0. The molecule has 0 aliphatic rings. The summed E-state index contributed by atoms with van der Waals surface area (Å²) in [5.41, 5.74) is 2.88. The number of halogens is 1. The largest absolute Gasteiger partial charge is 0.265 e. The van der Waals surface area contributed by atoms with Crippen LogP contribution in [0.25, 0.3) is 10.9 Å². The van der Waals surface area contributed by atoms with Crippen molar-refractivity contribution in [1.82, 2.24) is 9.78 Å². The molecule has 2 rings (SSSR count). The van der Waals surface area contributed by atoms with Crippen molar-refractivity contribution in [3.05, 3.63) is 30.0 Å². The molecule has 0 fully saturated rings. The van der Waals surface area contributed by atoms with E-state index in [0.717, 1.165) is 18.3 Å². The zero-order valence-electron chi connectivity index (χ0n) is 13.5. The first kappa shape index (κ1) is 16.5. The van der Waals surface area contributed by atoms with Gasteiger partial charge in [0.1, 0.15) is 0 Å². The molecule has 1 aromatic carbocycles. The summed E-state index contributed by atoms with van der Waals surface area (Å²) in [4.78, 5) is 0. The first-order valence-electron chi connectivity index (χ1n) is 8.20. The Bertz CT molecular complexity index is 570. The van der Waals surface area contributed by atoms with E-state index in [0.29, 0.717) is 5.41 Å². The molecule has 21 heavy (non-hydrogen) atoms. The first-order valence-corrected chi connectivity index (χ1v) is 9.32. The van der Waals surface area contributed by atoms with E-state index in [4.69, 9.17) is 5.10 Å². The summed E-state index contributed by atoms with van der Waals surface area (Å²) in [5.74, 6) is 0. The lowest BCUT2D eigenvalue weighted by Gasteiger charge is -2.30. The Labute approximate surface area is 137 Å². The minimum atomic E-state index is 0.339. The third-order valence-corrected chi connectivity index (χ3v) is 5.86. The molecule has 116 valence electrons. The number of fused-ring (bicyclic) bond motifs is 1. The van der Waals surface area contributed by atoms with Crippen molar-refractivity contribution in [3.8, 4) is 0 Å². The molecule has 1 atom stereocenters. The van der Waals surface area contributed by atoms with Gasteiger partial charge in [0.05, 0.1) is 11.2 Å². The second-order valence-corrected chi connectivity index (χ2v) is 6.61. The molecule has 0 aliphatic heterocycles. The van der Waals surface area contributed by atoms with E-state index in [1.54, 1.807) is 0 Å². The van der Waals surface area contributed by atoms with Crippen LogP contribution in [0, 0.1) is 5.41 Å². The molecule has 0 aliphatic carbocycles. The number of unbranched alkanes of at least 4 members (excludes halogenated alkanes) is 1. The molecule has 0 saturated carbocycles. The maximum Gasteiger partial charge on any atom is 0.0709 e. The van der Waals surface area contributed by atoms with Gasteiger partial charge in [-0.2, -0.15) is 5.10 Å². The molecular formula is C18H27BrN2. The van der Waals surface area contributed by atoms with Crippen molar-refractivity contribution in [3.63, 3.8) is 0 Å². The number of alkyl halides is 1. The fourth-order valence-electron chi connectivity index (χ4n) is 3.07. The van der Waals surface area contributed by atoms with E-state index < -0.39 is 0 Å². The van der Waals surface area contributed by atoms with Crippen LogP contribution in [-0.2, 0) is 13.0 Å². The number of rotatable bonds is 8. The van der Waals surface area contributed by atoms with Gasteiger partial charge < -0.3 is 0 Å². The lowest BCUT2D eigenvalue weighted by Crippen LogP contribution is -2.25. The van der Waals surface area contributed by atoms with Crippen molar-refractivity contribution in [2.24, 2.45) is 5.41 Å². The summed E-state index contributed by atoms with van der Waals surface area (Å²) in [5, 5.41) is 7.28. The van der Waals surface area contributed by atoms with Gasteiger partial charge in [-0.1, -0.05) is 60.8 Å². The van der Waals surface area contributed by atoms with Gasteiger partial charge in [0.25, 0.3) is 0 Å². The van der Waals surface area contributed by atoms with E-state index >= 15 is 0 Å². The van der Waals surface area contributed by atoms with E-state index in [2.05, 4.69) is 65.6 Å². The molecule has 0 amide bonds. The third kappa shape index (κ3) is 3.50. The van der Waals surface area contributed by atoms with Crippen LogP contribution in [0.2, 0.25) is 0 Å². The summed E-state index contributed by atoms with van der Waals surface area (Å²) >= 11 is 3.77. The number of benzene rings is 1. The molecule has 2 aromatic rings. The van der Waals surface area contributed by atoms with Gasteiger partial charge in [-0.3, -0.25) is 4.68 Å². The molecule has 0 bridgehead atoms. The summed E-state index contributed by atoms with van der Waals surface area (Å²) in [6.45, 7) is 7.69. The van der Waals surface area contributed by atoms with Crippen molar-refractivity contribution in [2.75, 3.05) is 5.33 Å². The predicted octanol–water partition coefficient (Wildman–Crippen LogP) is 5.58. The van der Waals surface area contributed by atoms with Crippen molar-refractivity contribution in [2.45, 2.75) is 59.4 Å². The van der Waals surface area contributed by atoms with E-state index in [-0.39, 0.29) is 0 Å². The van der Waals surface area contributed by atoms with Crippen molar-refractivity contribution < 1.29 is 0 Å². The highest BCUT2D eigenvalue weighted by Gasteiger charge is 2.28. The van der Waals surface area contributed by atoms with Gasteiger partial charge in [-0.25, -0.2) is 0 Å². The Morgan fingerprint density at radius 2 is 1.95 bits per heavy atom. The maximum atomic E-state index is 4.89. The van der Waals surface area contributed by atoms with E-state index in [1.807, 2.05) is 0 Å². The molecule has 3 heteroatoms. The SMILES string of the molecule is CCCCC(CC)(CBr)Cc1nn(CC)c2ccccc12. The highest BCUT2D eigenvalue weighted by molar-refractivity contribution is 9.09. The minimum Gasteiger partial charge on any atom is -0.265 e. The zero-order chi connectivity index (χ0) is 15.3. The normalized spacial score (nSPS) is 14.5. The number of aryl methyl sites for hydroxylation is 1. The van der Waals surface area contributed by atoms with Crippen LogP contribution in [0.3, 0.4) is 0 Å². The van der Waals surface area contributed by atoms with Crippen LogP contribution >= 0.6 is 15.9 Å². The molecule has 2 nitrogen and oxygen atoms in total. The second kappa shape index (κ2) is 7.44. The van der Waals surface area contributed by atoms with Crippen molar-refractivity contribution in [1.29, 1.82) is 0 Å². The lowest BCUT2D eigenvalue weighted by molar-refractivity contribution is 0.281. The standard InChI is InChI=1S/C18H27BrN2/c1-4-7-12-18(5-2,14-19)13-16-15-10-8-9-11-17(15)21(6-3)20-16/h8-11H,4-7,12-14H2,1-3H3. The van der Waals surface area contributed by atoms with E-state index in [1.165, 1.54) is 42.3 Å². The van der Waals surface area contributed by atoms with Gasteiger partial charge >= 0.3 is 0 Å². The van der Waals surface area contributed by atoms with Crippen LogP contribution in [0.5, 0.6) is 0 Å². The Morgan fingerprint density at radius 1 is 1.19 bits per heavy atom. The minimum absolute atomic E-state index is 0.339. The van der Waals surface area contributed by atoms with Crippen molar-refractivity contribution >= 4 is 26.8 Å². The smallest absolute Gasteiger partial charge is 0.0709 e. The lowest BCUT2D eigenvalue weighted by atomic mass is 9.78. The number of nitrogens with zero attached hydrogens (tertiary/aromatic N) is 2. The number of para-hydroxylation sites is 1. The molecule has 1 unspecified atom stereocenters. The van der Waals surface area contributed by atoms with Crippen LogP contribution in [-0.4, -0.2) is 15.1 Å². The van der Waals surface area contributed by atoms with Gasteiger partial charge in [-0.05, 0) is 37.7 Å². The monoisotopic (exact) mass is 350 g/mol.